The van der Waals surface area contributed by atoms with Gasteiger partial charge >= 0.3 is 0 Å². The maximum atomic E-state index is 12.8. The molecule has 0 radical (unpaired) electrons. The van der Waals surface area contributed by atoms with E-state index in [4.69, 9.17) is 5.26 Å². The molecule has 0 bridgehead atoms. The zero-order valence-corrected chi connectivity index (χ0v) is 13.5. The number of nitriles is 1. The molecule has 104 valence electrons. The van der Waals surface area contributed by atoms with Crippen molar-refractivity contribution in [2.75, 3.05) is 0 Å². The van der Waals surface area contributed by atoms with Gasteiger partial charge < -0.3 is 0 Å². The van der Waals surface area contributed by atoms with E-state index in [9.17, 15) is 8.42 Å². The average molecular weight is 409 g/mol. The molecule has 5 nitrogen and oxygen atoms in total. The topological polar surface area (TPSA) is 75.8 Å². The summed E-state index contributed by atoms with van der Waals surface area (Å²) in [5.41, 5.74) is 1.27. The molecule has 1 aromatic carbocycles. The molecule has 0 aliphatic rings. The molecular weight excluding hydrogens is 401 g/mol. The first kappa shape index (κ1) is 14.0. The lowest BCUT2D eigenvalue weighted by Gasteiger charge is -2.08. The summed E-state index contributed by atoms with van der Waals surface area (Å²) in [6.45, 7) is 0. The highest BCUT2D eigenvalue weighted by atomic mass is 127. The Kier molecular flexibility index (Phi) is 3.43. The number of fused-ring (bicyclic) bond motifs is 1. The Balaban J connectivity index is 2.35. The van der Waals surface area contributed by atoms with Gasteiger partial charge in [0.15, 0.2) is 0 Å². The molecule has 2 heterocycles. The second-order valence-electron chi connectivity index (χ2n) is 4.29. The van der Waals surface area contributed by atoms with Crippen LogP contribution in [0, 0.1) is 15.0 Å². The summed E-state index contributed by atoms with van der Waals surface area (Å²) in [6, 6.07) is 13.4. The summed E-state index contributed by atoms with van der Waals surface area (Å²) < 4.78 is 27.3. The fourth-order valence-corrected chi connectivity index (χ4v) is 4.76. The number of nitrogens with zero attached hydrogens (tertiary/aromatic N) is 3. The van der Waals surface area contributed by atoms with Crippen molar-refractivity contribution >= 4 is 43.6 Å². The van der Waals surface area contributed by atoms with E-state index in [2.05, 4.69) is 4.98 Å². The zero-order chi connectivity index (χ0) is 15.0. The molecule has 0 atom stereocenters. The van der Waals surface area contributed by atoms with Crippen molar-refractivity contribution in [1.82, 2.24) is 8.96 Å². The molecule has 0 spiro atoms. The number of benzene rings is 1. The van der Waals surface area contributed by atoms with E-state index < -0.39 is 10.0 Å². The van der Waals surface area contributed by atoms with Crippen LogP contribution in [0.3, 0.4) is 0 Å². The molecule has 0 N–H and O–H groups in total. The Morgan fingerprint density at radius 1 is 1.19 bits per heavy atom. The monoisotopic (exact) mass is 409 g/mol. The van der Waals surface area contributed by atoms with Crippen molar-refractivity contribution in [2.24, 2.45) is 0 Å². The van der Waals surface area contributed by atoms with Gasteiger partial charge in [-0.3, -0.25) is 4.98 Å². The van der Waals surface area contributed by atoms with Crippen molar-refractivity contribution in [3.8, 4) is 6.07 Å². The second-order valence-corrected chi connectivity index (χ2v) is 7.18. The van der Waals surface area contributed by atoms with Crippen molar-refractivity contribution in [3.63, 3.8) is 0 Å². The zero-order valence-electron chi connectivity index (χ0n) is 10.6. The van der Waals surface area contributed by atoms with Crippen molar-refractivity contribution < 1.29 is 8.42 Å². The summed E-state index contributed by atoms with van der Waals surface area (Å²) in [7, 11) is -3.72. The summed E-state index contributed by atoms with van der Waals surface area (Å²) in [5, 5.41) is 8.96. The molecule has 2 aromatic heterocycles. The number of hydrogen-bond donors (Lipinski definition) is 0. The maximum absolute atomic E-state index is 12.8. The van der Waals surface area contributed by atoms with E-state index in [1.54, 1.807) is 36.4 Å². The SMILES string of the molecule is N#Cc1cnc2cc(I)n(S(=O)(=O)c3ccccc3)c2c1. The third-order valence-corrected chi connectivity index (χ3v) is 5.84. The van der Waals surface area contributed by atoms with E-state index in [0.717, 1.165) is 0 Å². The molecule has 0 saturated heterocycles. The van der Waals surface area contributed by atoms with E-state index in [1.165, 1.54) is 16.2 Å². The van der Waals surface area contributed by atoms with Crippen LogP contribution in [0.5, 0.6) is 0 Å². The highest BCUT2D eigenvalue weighted by Crippen LogP contribution is 2.26. The minimum atomic E-state index is -3.72. The fourth-order valence-electron chi connectivity index (χ4n) is 2.03. The van der Waals surface area contributed by atoms with Crippen LogP contribution in [0.15, 0.2) is 53.6 Å². The molecule has 21 heavy (non-hydrogen) atoms. The Bertz CT molecular complexity index is 973. The molecule has 7 heteroatoms. The number of aromatic nitrogens is 2. The quantitative estimate of drug-likeness (QED) is 0.610. The Labute approximate surface area is 135 Å². The van der Waals surface area contributed by atoms with Crippen molar-refractivity contribution in [1.29, 1.82) is 5.26 Å². The van der Waals surface area contributed by atoms with Crippen molar-refractivity contribution in [3.05, 3.63) is 57.9 Å². The predicted octanol–water partition coefficient (Wildman–Crippen LogP) is 2.75. The first-order valence-electron chi connectivity index (χ1n) is 5.92. The molecule has 0 unspecified atom stereocenters. The van der Waals surface area contributed by atoms with Gasteiger partial charge in [-0.1, -0.05) is 18.2 Å². The summed E-state index contributed by atoms with van der Waals surface area (Å²) in [5.74, 6) is 0. The number of hydrogen-bond acceptors (Lipinski definition) is 4. The van der Waals surface area contributed by atoms with Gasteiger partial charge in [0, 0.05) is 6.20 Å². The molecule has 0 saturated carbocycles. The molecule has 0 aliphatic carbocycles. The van der Waals surface area contributed by atoms with Crippen LogP contribution >= 0.6 is 22.6 Å². The largest absolute Gasteiger partial charge is 0.269 e. The minimum absolute atomic E-state index is 0.197. The van der Waals surface area contributed by atoms with Gasteiger partial charge in [0.2, 0.25) is 0 Å². The lowest BCUT2D eigenvalue weighted by Crippen LogP contribution is -2.14. The van der Waals surface area contributed by atoms with Crippen LogP contribution < -0.4 is 0 Å². The van der Waals surface area contributed by atoms with Gasteiger partial charge in [-0.2, -0.15) is 5.26 Å². The molecule has 0 aliphatic heterocycles. The van der Waals surface area contributed by atoms with Crippen LogP contribution in [0.1, 0.15) is 5.56 Å². The molecule has 3 rings (SSSR count). The lowest BCUT2D eigenvalue weighted by atomic mass is 10.3. The van der Waals surface area contributed by atoms with E-state index in [0.29, 0.717) is 20.3 Å². The fraction of sp³-hybridized carbons (Fsp3) is 0. The van der Waals surface area contributed by atoms with E-state index in [1.807, 2.05) is 28.7 Å². The lowest BCUT2D eigenvalue weighted by molar-refractivity contribution is 0.588. The predicted molar refractivity (Wildman–Crippen MR) is 86.2 cm³/mol. The normalized spacial score (nSPS) is 11.4. The first-order chi connectivity index (χ1) is 10.0. The Morgan fingerprint density at radius 2 is 1.90 bits per heavy atom. The van der Waals surface area contributed by atoms with E-state index in [-0.39, 0.29) is 4.90 Å². The number of rotatable bonds is 2. The van der Waals surface area contributed by atoms with Gasteiger partial charge in [0.05, 0.1) is 25.2 Å². The van der Waals surface area contributed by atoms with Gasteiger partial charge in [-0.15, -0.1) is 0 Å². The smallest absolute Gasteiger partial charge is 0.253 e. The van der Waals surface area contributed by atoms with Gasteiger partial charge in [-0.25, -0.2) is 12.4 Å². The summed E-state index contributed by atoms with van der Waals surface area (Å²) in [4.78, 5) is 4.33. The maximum Gasteiger partial charge on any atom is 0.269 e. The van der Waals surface area contributed by atoms with Gasteiger partial charge in [0.1, 0.15) is 6.07 Å². The molecule has 3 aromatic rings. The minimum Gasteiger partial charge on any atom is -0.253 e. The standard InChI is InChI=1S/C14H8IN3O2S/c15-14-7-12-13(6-10(8-16)9-17-12)18(14)21(19,20)11-4-2-1-3-5-11/h1-7,9H. The summed E-state index contributed by atoms with van der Waals surface area (Å²) in [6.07, 6.45) is 1.43. The first-order valence-corrected chi connectivity index (χ1v) is 8.43. The Morgan fingerprint density at radius 3 is 2.57 bits per heavy atom. The van der Waals surface area contributed by atoms with Gasteiger partial charge in [0.25, 0.3) is 10.0 Å². The number of halogens is 1. The molecule has 0 amide bonds. The Hall–Kier alpha value is -1.92. The van der Waals surface area contributed by atoms with Gasteiger partial charge in [-0.05, 0) is 46.9 Å². The highest BCUT2D eigenvalue weighted by molar-refractivity contribution is 14.1. The highest BCUT2D eigenvalue weighted by Gasteiger charge is 2.22. The molecule has 0 fully saturated rings. The average Bonchev–Trinajstić information content (AvgIpc) is 2.83. The van der Waals surface area contributed by atoms with Crippen molar-refractivity contribution in [2.45, 2.75) is 4.90 Å². The summed E-state index contributed by atoms with van der Waals surface area (Å²) >= 11 is 1.95. The van der Waals surface area contributed by atoms with E-state index >= 15 is 0 Å². The van der Waals surface area contributed by atoms with Crippen LogP contribution in [0.4, 0.5) is 0 Å². The third kappa shape index (κ3) is 2.30. The third-order valence-electron chi connectivity index (χ3n) is 2.98. The van der Waals surface area contributed by atoms with Crippen LogP contribution in [-0.2, 0) is 10.0 Å². The molecular formula is C14H8IN3O2S. The van der Waals surface area contributed by atoms with Crippen LogP contribution in [0.2, 0.25) is 0 Å². The number of pyridine rings is 1. The van der Waals surface area contributed by atoms with Crippen LogP contribution in [0.25, 0.3) is 11.0 Å². The van der Waals surface area contributed by atoms with Crippen LogP contribution in [-0.4, -0.2) is 17.4 Å². The second kappa shape index (κ2) is 5.13.